The molecule has 0 amide bonds. The number of benzene rings is 4. The van der Waals surface area contributed by atoms with Gasteiger partial charge in [-0.25, -0.2) is 0 Å². The summed E-state index contributed by atoms with van der Waals surface area (Å²) in [6.07, 6.45) is 2.48. The highest BCUT2D eigenvalue weighted by atomic mass is 14.9. The molecule has 0 unspecified atom stereocenters. The van der Waals surface area contributed by atoms with Crippen molar-refractivity contribution in [1.82, 2.24) is 5.32 Å². The maximum absolute atomic E-state index is 3.75. The summed E-state index contributed by atoms with van der Waals surface area (Å²) >= 11 is 0. The van der Waals surface area contributed by atoms with Gasteiger partial charge in [0.1, 0.15) is 0 Å². The van der Waals surface area contributed by atoms with Crippen LogP contribution >= 0.6 is 0 Å². The molecule has 1 nitrogen and oxygen atoms in total. The largest absolute Gasteiger partial charge is 0.313 e. The standard InChI is InChI=1S/C29H27N.H2/c1-3-8-22(9-4-1)24-13-17-26(18-14-24)29(28-12-7-21-30-28)27-19-15-25(16-20-27)23-10-5-2-6-11-23;/h1-6,8-11,13-20,28-30H,7,12,21H2;1H/t28-;/m0./s1. The van der Waals surface area contributed by atoms with Gasteiger partial charge in [-0.05, 0) is 52.8 Å². The summed E-state index contributed by atoms with van der Waals surface area (Å²) in [5.41, 5.74) is 7.87. The lowest BCUT2D eigenvalue weighted by atomic mass is 9.83. The van der Waals surface area contributed by atoms with E-state index in [9.17, 15) is 0 Å². The van der Waals surface area contributed by atoms with Gasteiger partial charge in [-0.15, -0.1) is 0 Å². The minimum atomic E-state index is 0. The molecule has 150 valence electrons. The molecule has 0 bridgehead atoms. The third-order valence-electron chi connectivity index (χ3n) is 6.25. The van der Waals surface area contributed by atoms with Crippen LogP contribution in [0.4, 0.5) is 0 Å². The van der Waals surface area contributed by atoms with Gasteiger partial charge < -0.3 is 5.32 Å². The van der Waals surface area contributed by atoms with Crippen LogP contribution in [0.3, 0.4) is 0 Å². The number of hydrogen-bond donors (Lipinski definition) is 1. The van der Waals surface area contributed by atoms with E-state index < -0.39 is 0 Å². The van der Waals surface area contributed by atoms with E-state index in [1.807, 2.05) is 0 Å². The Hall–Kier alpha value is -3.16. The lowest BCUT2D eigenvalue weighted by molar-refractivity contribution is 0.540. The second kappa shape index (κ2) is 8.69. The molecule has 1 N–H and O–H groups in total. The topological polar surface area (TPSA) is 12.0 Å². The second-order valence-electron chi connectivity index (χ2n) is 8.16. The van der Waals surface area contributed by atoms with Crippen molar-refractivity contribution in [2.45, 2.75) is 24.8 Å². The van der Waals surface area contributed by atoms with Crippen LogP contribution in [0.25, 0.3) is 22.3 Å². The second-order valence-corrected chi connectivity index (χ2v) is 8.16. The molecular weight excluding hydrogens is 362 g/mol. The third kappa shape index (κ3) is 3.94. The smallest absolute Gasteiger partial charge is 0.0243 e. The predicted molar refractivity (Wildman–Crippen MR) is 129 cm³/mol. The molecular formula is C29H29N. The molecule has 0 radical (unpaired) electrons. The monoisotopic (exact) mass is 391 g/mol. The van der Waals surface area contributed by atoms with Crippen LogP contribution < -0.4 is 5.32 Å². The fraction of sp³-hybridized carbons (Fsp3) is 0.172. The van der Waals surface area contributed by atoms with Crippen molar-refractivity contribution in [3.8, 4) is 22.3 Å². The first-order valence-electron chi connectivity index (χ1n) is 10.9. The van der Waals surface area contributed by atoms with Crippen LogP contribution in [0.1, 0.15) is 31.3 Å². The maximum Gasteiger partial charge on any atom is 0.0243 e. The van der Waals surface area contributed by atoms with Crippen LogP contribution in [0.15, 0.2) is 109 Å². The highest BCUT2D eigenvalue weighted by Gasteiger charge is 2.27. The van der Waals surface area contributed by atoms with Crippen molar-refractivity contribution in [3.63, 3.8) is 0 Å². The molecule has 4 aromatic carbocycles. The summed E-state index contributed by atoms with van der Waals surface area (Å²) in [6, 6.07) is 40.1. The van der Waals surface area contributed by atoms with Crippen molar-refractivity contribution >= 4 is 0 Å². The Labute approximate surface area is 180 Å². The summed E-state index contributed by atoms with van der Waals surface area (Å²) in [7, 11) is 0. The van der Waals surface area contributed by atoms with Crippen molar-refractivity contribution in [1.29, 1.82) is 0 Å². The fourth-order valence-electron chi connectivity index (χ4n) is 4.68. The number of rotatable bonds is 5. The van der Waals surface area contributed by atoms with Gasteiger partial charge in [-0.1, -0.05) is 109 Å². The normalized spacial score (nSPS) is 16.1. The van der Waals surface area contributed by atoms with Crippen molar-refractivity contribution in [2.75, 3.05) is 6.54 Å². The fourth-order valence-corrected chi connectivity index (χ4v) is 4.68. The van der Waals surface area contributed by atoms with E-state index in [2.05, 4.69) is 115 Å². The Balaban J connectivity index is 0.00000231. The van der Waals surface area contributed by atoms with E-state index in [1.54, 1.807) is 0 Å². The van der Waals surface area contributed by atoms with Gasteiger partial charge in [0.2, 0.25) is 0 Å². The Morgan fingerprint density at radius 1 is 0.567 bits per heavy atom. The zero-order chi connectivity index (χ0) is 20.2. The van der Waals surface area contributed by atoms with E-state index in [1.165, 1.54) is 46.2 Å². The summed E-state index contributed by atoms with van der Waals surface area (Å²) in [5.74, 6) is 0.377. The minimum absolute atomic E-state index is 0. The molecule has 0 aliphatic carbocycles. The van der Waals surface area contributed by atoms with E-state index in [-0.39, 0.29) is 1.43 Å². The van der Waals surface area contributed by atoms with Gasteiger partial charge in [0, 0.05) is 13.4 Å². The molecule has 1 aliphatic rings. The average Bonchev–Trinajstić information content (AvgIpc) is 3.36. The van der Waals surface area contributed by atoms with Gasteiger partial charge in [-0.2, -0.15) is 0 Å². The molecule has 1 heteroatoms. The lowest BCUT2D eigenvalue weighted by Crippen LogP contribution is -2.29. The Kier molecular flexibility index (Phi) is 5.46. The zero-order valence-corrected chi connectivity index (χ0v) is 17.2. The molecule has 4 aromatic rings. The zero-order valence-electron chi connectivity index (χ0n) is 17.2. The van der Waals surface area contributed by atoms with Crippen LogP contribution in [0, 0.1) is 0 Å². The van der Waals surface area contributed by atoms with Crippen LogP contribution in [-0.2, 0) is 0 Å². The first kappa shape index (κ1) is 18.8. The van der Waals surface area contributed by atoms with E-state index in [0.717, 1.165) is 6.54 Å². The predicted octanol–water partition coefficient (Wildman–Crippen LogP) is 7.15. The summed E-state index contributed by atoms with van der Waals surface area (Å²) in [4.78, 5) is 0. The van der Waals surface area contributed by atoms with Crippen molar-refractivity contribution in [3.05, 3.63) is 120 Å². The van der Waals surface area contributed by atoms with E-state index in [4.69, 9.17) is 0 Å². The quantitative estimate of drug-likeness (QED) is 0.381. The first-order chi connectivity index (χ1) is 14.9. The molecule has 1 aliphatic heterocycles. The third-order valence-corrected chi connectivity index (χ3v) is 6.25. The van der Waals surface area contributed by atoms with Gasteiger partial charge in [0.25, 0.3) is 0 Å². The number of nitrogens with one attached hydrogen (secondary N) is 1. The summed E-state index contributed by atoms with van der Waals surface area (Å²) in [6.45, 7) is 1.12. The molecule has 0 aromatic heterocycles. The summed E-state index contributed by atoms with van der Waals surface area (Å²) < 4.78 is 0. The molecule has 5 rings (SSSR count). The molecule has 1 atom stereocenters. The first-order valence-corrected chi connectivity index (χ1v) is 10.9. The Bertz CT molecular complexity index is 984. The minimum Gasteiger partial charge on any atom is -0.313 e. The van der Waals surface area contributed by atoms with Crippen molar-refractivity contribution < 1.29 is 1.43 Å². The van der Waals surface area contributed by atoms with Crippen molar-refractivity contribution in [2.24, 2.45) is 0 Å². The number of hydrogen-bond acceptors (Lipinski definition) is 1. The molecule has 1 heterocycles. The van der Waals surface area contributed by atoms with Crippen LogP contribution in [0.2, 0.25) is 0 Å². The van der Waals surface area contributed by atoms with Crippen LogP contribution in [-0.4, -0.2) is 12.6 Å². The van der Waals surface area contributed by atoms with Gasteiger partial charge >= 0.3 is 0 Å². The Morgan fingerprint density at radius 3 is 1.40 bits per heavy atom. The SMILES string of the molecule is [HH].c1ccc(-c2ccc(C(c3ccc(-c4ccccc4)cc3)[C@@H]3CCCN3)cc2)cc1. The van der Waals surface area contributed by atoms with Gasteiger partial charge in [-0.3, -0.25) is 0 Å². The van der Waals surface area contributed by atoms with Gasteiger partial charge in [0.05, 0.1) is 0 Å². The Morgan fingerprint density at radius 2 is 1.00 bits per heavy atom. The molecule has 30 heavy (non-hydrogen) atoms. The van der Waals surface area contributed by atoms with Crippen LogP contribution in [0.5, 0.6) is 0 Å². The average molecular weight is 392 g/mol. The summed E-state index contributed by atoms with van der Waals surface area (Å²) in [5, 5.41) is 3.75. The van der Waals surface area contributed by atoms with Gasteiger partial charge in [0.15, 0.2) is 0 Å². The molecule has 0 spiro atoms. The molecule has 1 fully saturated rings. The lowest BCUT2D eigenvalue weighted by Gasteiger charge is -2.25. The molecule has 0 saturated carbocycles. The highest BCUT2D eigenvalue weighted by Crippen LogP contribution is 2.34. The van der Waals surface area contributed by atoms with E-state index in [0.29, 0.717) is 12.0 Å². The maximum atomic E-state index is 3.75. The van der Waals surface area contributed by atoms with E-state index >= 15 is 0 Å². The molecule has 1 saturated heterocycles. The highest BCUT2D eigenvalue weighted by molar-refractivity contribution is 5.65.